The molecule has 1 heterocycles. The summed E-state index contributed by atoms with van der Waals surface area (Å²) in [6.45, 7) is 1.50. The molecule has 0 aromatic heterocycles. The summed E-state index contributed by atoms with van der Waals surface area (Å²) in [7, 11) is 0. The third-order valence-corrected chi connectivity index (χ3v) is 5.29. The Morgan fingerprint density at radius 2 is 1.85 bits per heavy atom. The van der Waals surface area contributed by atoms with Crippen molar-refractivity contribution < 1.29 is 19.5 Å². The van der Waals surface area contributed by atoms with Gasteiger partial charge in [0.2, 0.25) is 11.8 Å². The summed E-state index contributed by atoms with van der Waals surface area (Å²) in [5.41, 5.74) is 1.99. The van der Waals surface area contributed by atoms with Gasteiger partial charge < -0.3 is 15.3 Å². The lowest BCUT2D eigenvalue weighted by Gasteiger charge is -2.33. The van der Waals surface area contributed by atoms with Crippen molar-refractivity contribution in [3.63, 3.8) is 0 Å². The molecule has 1 fully saturated rings. The largest absolute Gasteiger partial charge is 0.481 e. The van der Waals surface area contributed by atoms with Gasteiger partial charge in [-0.3, -0.25) is 14.4 Å². The first-order valence-corrected chi connectivity index (χ1v) is 9.04. The van der Waals surface area contributed by atoms with E-state index in [1.54, 1.807) is 11.1 Å². The van der Waals surface area contributed by atoms with Crippen LogP contribution in [0.4, 0.5) is 0 Å². The number of carbonyl (C=O) groups excluding carboxylic acids is 2. The lowest BCUT2D eigenvalue weighted by Crippen LogP contribution is -2.41. The summed E-state index contributed by atoms with van der Waals surface area (Å²) in [5.74, 6) is -1.26. The molecule has 3 rings (SSSR count). The first-order chi connectivity index (χ1) is 12.5. The van der Waals surface area contributed by atoms with E-state index >= 15 is 0 Å². The molecular weight excluding hydrogens is 332 g/mol. The van der Waals surface area contributed by atoms with Gasteiger partial charge in [0, 0.05) is 19.2 Å². The van der Waals surface area contributed by atoms with Crippen molar-refractivity contribution in [3.8, 4) is 0 Å². The Morgan fingerprint density at radius 1 is 1.15 bits per heavy atom. The number of rotatable bonds is 4. The van der Waals surface area contributed by atoms with Crippen molar-refractivity contribution in [1.29, 1.82) is 0 Å². The molecule has 0 bridgehead atoms. The van der Waals surface area contributed by atoms with E-state index in [1.165, 1.54) is 6.92 Å². The van der Waals surface area contributed by atoms with Gasteiger partial charge in [-0.2, -0.15) is 0 Å². The van der Waals surface area contributed by atoms with E-state index in [-0.39, 0.29) is 36.2 Å². The molecule has 6 heteroatoms. The molecule has 2 amide bonds. The number of carboxylic acid groups (broad SMARTS) is 1. The Kier molecular flexibility index (Phi) is 5.40. The lowest BCUT2D eigenvalue weighted by molar-refractivity contribution is -0.142. The number of fused-ring (bicyclic) bond motifs is 1. The minimum absolute atomic E-state index is 0.0123. The Morgan fingerprint density at radius 3 is 2.50 bits per heavy atom. The number of nitrogens with one attached hydrogen (secondary N) is 1. The molecule has 1 atom stereocenters. The number of carboxylic acids is 1. The highest BCUT2D eigenvalue weighted by Gasteiger charge is 2.30. The molecule has 0 saturated heterocycles. The number of aliphatic carboxylic acids is 1. The summed E-state index contributed by atoms with van der Waals surface area (Å²) in [4.78, 5) is 37.2. The minimum atomic E-state index is -0.752. The molecule has 0 spiro atoms. The zero-order valence-corrected chi connectivity index (χ0v) is 14.9. The first-order valence-electron chi connectivity index (χ1n) is 9.04. The van der Waals surface area contributed by atoms with E-state index in [9.17, 15) is 14.4 Å². The van der Waals surface area contributed by atoms with Crippen LogP contribution in [0.25, 0.3) is 6.08 Å². The van der Waals surface area contributed by atoms with Crippen LogP contribution in [0.15, 0.2) is 30.5 Å². The summed E-state index contributed by atoms with van der Waals surface area (Å²) < 4.78 is 0. The normalized spacial score (nSPS) is 24.7. The average Bonchev–Trinajstić information content (AvgIpc) is 2.62. The summed E-state index contributed by atoms with van der Waals surface area (Å²) >= 11 is 0. The Labute approximate surface area is 152 Å². The molecule has 138 valence electrons. The van der Waals surface area contributed by atoms with Crippen LogP contribution in [-0.4, -0.2) is 33.8 Å². The van der Waals surface area contributed by atoms with Crippen molar-refractivity contribution in [2.75, 3.05) is 0 Å². The third kappa shape index (κ3) is 3.95. The van der Waals surface area contributed by atoms with Crippen LogP contribution in [-0.2, 0) is 14.4 Å². The molecular formula is C20H24N2O4. The number of carbonyl (C=O) groups is 3. The molecule has 1 aromatic rings. The van der Waals surface area contributed by atoms with Gasteiger partial charge in [-0.1, -0.05) is 24.3 Å². The maximum absolute atomic E-state index is 12.6. The van der Waals surface area contributed by atoms with Crippen molar-refractivity contribution in [2.24, 2.45) is 5.92 Å². The van der Waals surface area contributed by atoms with Crippen molar-refractivity contribution in [1.82, 2.24) is 10.2 Å². The fourth-order valence-corrected chi connectivity index (χ4v) is 3.86. The molecule has 1 aliphatic carbocycles. The third-order valence-electron chi connectivity index (χ3n) is 5.29. The van der Waals surface area contributed by atoms with Gasteiger partial charge >= 0.3 is 5.97 Å². The standard InChI is InChI=1S/C20H24N2O4/c1-13(23)22-11-10-14-4-2-3-5-17(14)18(22)12-19(24)21-16-8-6-15(7-9-16)20(25)26/h2-5,10-11,15-16,18H,6-9,12H2,1H3,(H,21,24)(H,25,26)/t15?,16?,18-/m0/s1. The van der Waals surface area contributed by atoms with Crippen LogP contribution in [0.2, 0.25) is 0 Å². The number of nitrogens with zero attached hydrogens (tertiary/aromatic N) is 1. The fourth-order valence-electron chi connectivity index (χ4n) is 3.86. The number of benzene rings is 1. The second-order valence-corrected chi connectivity index (χ2v) is 7.05. The maximum atomic E-state index is 12.6. The minimum Gasteiger partial charge on any atom is -0.481 e. The molecule has 2 N–H and O–H groups in total. The first kappa shape index (κ1) is 18.2. The van der Waals surface area contributed by atoms with Crippen LogP contribution in [0.1, 0.15) is 56.2 Å². The van der Waals surface area contributed by atoms with E-state index in [4.69, 9.17) is 5.11 Å². The van der Waals surface area contributed by atoms with Crippen LogP contribution >= 0.6 is 0 Å². The van der Waals surface area contributed by atoms with E-state index in [1.807, 2.05) is 30.3 Å². The monoisotopic (exact) mass is 356 g/mol. The molecule has 6 nitrogen and oxygen atoms in total. The van der Waals surface area contributed by atoms with Crippen LogP contribution in [0.3, 0.4) is 0 Å². The van der Waals surface area contributed by atoms with Crippen LogP contribution < -0.4 is 5.32 Å². The zero-order chi connectivity index (χ0) is 18.7. The molecule has 1 saturated carbocycles. The smallest absolute Gasteiger partial charge is 0.306 e. The molecule has 26 heavy (non-hydrogen) atoms. The quantitative estimate of drug-likeness (QED) is 0.868. The highest BCUT2D eigenvalue weighted by atomic mass is 16.4. The van der Waals surface area contributed by atoms with Gasteiger partial charge in [0.1, 0.15) is 0 Å². The van der Waals surface area contributed by atoms with Crippen LogP contribution in [0.5, 0.6) is 0 Å². The summed E-state index contributed by atoms with van der Waals surface area (Å²) in [5, 5.41) is 12.1. The van der Waals surface area contributed by atoms with Gasteiger partial charge in [0.05, 0.1) is 18.4 Å². The van der Waals surface area contributed by atoms with Crippen molar-refractivity contribution in [3.05, 3.63) is 41.6 Å². The molecule has 1 aliphatic heterocycles. The van der Waals surface area contributed by atoms with E-state index in [2.05, 4.69) is 5.32 Å². The lowest BCUT2D eigenvalue weighted by atomic mass is 9.86. The van der Waals surface area contributed by atoms with E-state index in [0.29, 0.717) is 25.7 Å². The highest BCUT2D eigenvalue weighted by Crippen LogP contribution is 2.33. The molecule has 1 aromatic carbocycles. The summed E-state index contributed by atoms with van der Waals surface area (Å²) in [6.07, 6.45) is 6.36. The topological polar surface area (TPSA) is 86.7 Å². The Balaban J connectivity index is 1.65. The average molecular weight is 356 g/mol. The fraction of sp³-hybridized carbons (Fsp3) is 0.450. The highest BCUT2D eigenvalue weighted by molar-refractivity contribution is 5.82. The number of amides is 2. The van der Waals surface area contributed by atoms with Gasteiger partial charge in [-0.05, 0) is 42.9 Å². The predicted molar refractivity (Wildman–Crippen MR) is 96.9 cm³/mol. The molecule has 0 unspecified atom stereocenters. The molecule has 2 aliphatic rings. The van der Waals surface area contributed by atoms with Gasteiger partial charge in [-0.25, -0.2) is 0 Å². The summed E-state index contributed by atoms with van der Waals surface area (Å²) in [6, 6.07) is 7.47. The predicted octanol–water partition coefficient (Wildman–Crippen LogP) is 2.71. The zero-order valence-electron chi connectivity index (χ0n) is 14.9. The van der Waals surface area contributed by atoms with Gasteiger partial charge in [-0.15, -0.1) is 0 Å². The maximum Gasteiger partial charge on any atom is 0.306 e. The SMILES string of the molecule is CC(=O)N1C=Cc2ccccc2[C@@H]1CC(=O)NC1CCC(C(=O)O)CC1. The number of hydrogen-bond donors (Lipinski definition) is 2. The second-order valence-electron chi connectivity index (χ2n) is 7.05. The Bertz CT molecular complexity index is 735. The number of hydrogen-bond acceptors (Lipinski definition) is 3. The van der Waals surface area contributed by atoms with Crippen LogP contribution in [0, 0.1) is 5.92 Å². The van der Waals surface area contributed by atoms with Crippen molar-refractivity contribution in [2.45, 2.75) is 51.1 Å². The van der Waals surface area contributed by atoms with Crippen molar-refractivity contribution >= 4 is 23.9 Å². The Hall–Kier alpha value is -2.63. The molecule has 0 radical (unpaired) electrons. The second kappa shape index (κ2) is 7.72. The van der Waals surface area contributed by atoms with E-state index < -0.39 is 5.97 Å². The van der Waals surface area contributed by atoms with Gasteiger partial charge in [0.25, 0.3) is 0 Å². The van der Waals surface area contributed by atoms with E-state index in [0.717, 1.165) is 11.1 Å². The van der Waals surface area contributed by atoms with Gasteiger partial charge in [0.15, 0.2) is 0 Å².